The Morgan fingerprint density at radius 3 is 2.67 bits per heavy atom. The van der Waals surface area contributed by atoms with Gasteiger partial charge in [0.1, 0.15) is 18.1 Å². The monoisotopic (exact) mass is 209 g/mol. The highest BCUT2D eigenvalue weighted by molar-refractivity contribution is 5.92. The Bertz CT molecular complexity index is 322. The fourth-order valence-electron chi connectivity index (χ4n) is 0.863. The lowest BCUT2D eigenvalue weighted by molar-refractivity contribution is 0.253. The smallest absolute Gasteiger partial charge is 0.232 e. The van der Waals surface area contributed by atoms with Crippen LogP contribution >= 0.6 is 0 Å². The van der Waals surface area contributed by atoms with E-state index in [0.29, 0.717) is 18.2 Å². The van der Waals surface area contributed by atoms with Crippen molar-refractivity contribution in [1.29, 1.82) is 5.41 Å². The van der Waals surface area contributed by atoms with Crippen molar-refractivity contribution < 1.29 is 4.74 Å². The molecule has 1 heterocycles. The van der Waals surface area contributed by atoms with E-state index in [0.717, 1.165) is 6.54 Å². The summed E-state index contributed by atoms with van der Waals surface area (Å²) in [4.78, 5) is 9.91. The molecule has 0 aliphatic heterocycles. The van der Waals surface area contributed by atoms with Crippen molar-refractivity contribution in [3.8, 4) is 5.88 Å². The van der Waals surface area contributed by atoms with Gasteiger partial charge in [0.15, 0.2) is 0 Å². The van der Waals surface area contributed by atoms with Gasteiger partial charge in [-0.2, -0.15) is 0 Å². The summed E-state index contributed by atoms with van der Waals surface area (Å²) in [5.74, 6) is 0.351. The molecule has 0 spiro atoms. The summed E-state index contributed by atoms with van der Waals surface area (Å²) in [5.41, 5.74) is 5.59. The average Bonchev–Trinajstić information content (AvgIpc) is 2.18. The van der Waals surface area contributed by atoms with Gasteiger partial charge in [-0.15, -0.1) is 0 Å². The molecule has 1 rings (SSSR count). The molecule has 0 aliphatic rings. The summed E-state index contributed by atoms with van der Waals surface area (Å²) in [6, 6.07) is 0. The fourth-order valence-corrected chi connectivity index (χ4v) is 0.863. The SMILES string of the molecule is CN(C)CCOc1cnc(C(=N)N)cn1. The first-order chi connectivity index (χ1) is 7.09. The number of nitrogens with zero attached hydrogens (tertiary/aromatic N) is 3. The number of amidine groups is 1. The summed E-state index contributed by atoms with van der Waals surface area (Å²) in [6.45, 7) is 1.37. The molecule has 15 heavy (non-hydrogen) atoms. The van der Waals surface area contributed by atoms with Crippen LogP contribution in [0.4, 0.5) is 0 Å². The van der Waals surface area contributed by atoms with E-state index in [9.17, 15) is 0 Å². The molecule has 6 heteroatoms. The molecule has 1 aromatic heterocycles. The van der Waals surface area contributed by atoms with E-state index >= 15 is 0 Å². The van der Waals surface area contributed by atoms with Gasteiger partial charge in [-0.1, -0.05) is 0 Å². The second kappa shape index (κ2) is 5.26. The minimum Gasteiger partial charge on any atom is -0.475 e. The van der Waals surface area contributed by atoms with E-state index < -0.39 is 0 Å². The van der Waals surface area contributed by atoms with Gasteiger partial charge in [0, 0.05) is 6.54 Å². The molecule has 0 aromatic carbocycles. The zero-order chi connectivity index (χ0) is 11.3. The van der Waals surface area contributed by atoms with Gasteiger partial charge in [0.2, 0.25) is 5.88 Å². The van der Waals surface area contributed by atoms with Crippen LogP contribution in [0.15, 0.2) is 12.4 Å². The van der Waals surface area contributed by atoms with Crippen molar-refractivity contribution in [3.63, 3.8) is 0 Å². The van der Waals surface area contributed by atoms with Crippen LogP contribution in [0.25, 0.3) is 0 Å². The number of nitrogens with one attached hydrogen (secondary N) is 1. The van der Waals surface area contributed by atoms with E-state index in [-0.39, 0.29) is 5.84 Å². The minimum atomic E-state index is -0.0951. The topological polar surface area (TPSA) is 88.1 Å². The second-order valence-electron chi connectivity index (χ2n) is 3.31. The van der Waals surface area contributed by atoms with Crippen LogP contribution in [-0.4, -0.2) is 48.0 Å². The summed E-state index contributed by atoms with van der Waals surface area (Å²) in [6.07, 6.45) is 2.89. The molecule has 82 valence electrons. The molecule has 0 amide bonds. The summed E-state index contributed by atoms with van der Waals surface area (Å²) in [7, 11) is 3.93. The summed E-state index contributed by atoms with van der Waals surface area (Å²) < 4.78 is 5.32. The lowest BCUT2D eigenvalue weighted by Crippen LogP contribution is -2.20. The molecule has 0 atom stereocenters. The van der Waals surface area contributed by atoms with Crippen molar-refractivity contribution >= 4 is 5.84 Å². The van der Waals surface area contributed by atoms with Crippen LogP contribution in [0.1, 0.15) is 5.69 Å². The van der Waals surface area contributed by atoms with Crippen molar-refractivity contribution in [2.24, 2.45) is 5.73 Å². The van der Waals surface area contributed by atoms with Gasteiger partial charge in [-0.3, -0.25) is 5.41 Å². The molecule has 0 radical (unpaired) electrons. The van der Waals surface area contributed by atoms with Gasteiger partial charge in [0.05, 0.1) is 12.4 Å². The number of hydrogen-bond donors (Lipinski definition) is 2. The third kappa shape index (κ3) is 3.90. The summed E-state index contributed by atoms with van der Waals surface area (Å²) >= 11 is 0. The number of ether oxygens (including phenoxy) is 1. The quantitative estimate of drug-likeness (QED) is 0.513. The van der Waals surface area contributed by atoms with Crippen molar-refractivity contribution in [2.75, 3.05) is 27.2 Å². The number of hydrogen-bond acceptors (Lipinski definition) is 5. The summed E-state index contributed by atoms with van der Waals surface area (Å²) in [5, 5.41) is 7.13. The minimum absolute atomic E-state index is 0.0951. The predicted molar refractivity (Wildman–Crippen MR) is 57.1 cm³/mol. The van der Waals surface area contributed by atoms with Gasteiger partial charge in [0.25, 0.3) is 0 Å². The largest absolute Gasteiger partial charge is 0.475 e. The van der Waals surface area contributed by atoms with Gasteiger partial charge >= 0.3 is 0 Å². The zero-order valence-corrected chi connectivity index (χ0v) is 8.90. The van der Waals surface area contributed by atoms with E-state index in [2.05, 4.69) is 9.97 Å². The number of nitrogens with two attached hydrogens (primary N) is 1. The predicted octanol–water partition coefficient (Wildman–Crippen LogP) is -0.299. The lowest BCUT2D eigenvalue weighted by Gasteiger charge is -2.09. The van der Waals surface area contributed by atoms with Crippen LogP contribution < -0.4 is 10.5 Å². The highest BCUT2D eigenvalue weighted by Gasteiger charge is 2.00. The maximum atomic E-state index is 7.13. The Kier molecular flexibility index (Phi) is 3.99. The maximum absolute atomic E-state index is 7.13. The third-order valence-electron chi connectivity index (χ3n) is 1.69. The van der Waals surface area contributed by atoms with E-state index in [1.54, 1.807) is 0 Å². The van der Waals surface area contributed by atoms with E-state index in [1.807, 2.05) is 19.0 Å². The molecule has 3 N–H and O–H groups in total. The molecule has 0 bridgehead atoms. The number of likely N-dealkylation sites (N-methyl/N-ethyl adjacent to an activating group) is 1. The van der Waals surface area contributed by atoms with Crippen LogP contribution in [-0.2, 0) is 0 Å². The number of aromatic nitrogens is 2. The molecule has 0 unspecified atom stereocenters. The third-order valence-corrected chi connectivity index (χ3v) is 1.69. The average molecular weight is 209 g/mol. The maximum Gasteiger partial charge on any atom is 0.232 e. The highest BCUT2D eigenvalue weighted by Crippen LogP contribution is 2.03. The normalized spacial score (nSPS) is 10.3. The van der Waals surface area contributed by atoms with E-state index in [4.69, 9.17) is 15.9 Å². The van der Waals surface area contributed by atoms with Gasteiger partial charge < -0.3 is 15.4 Å². The first-order valence-electron chi connectivity index (χ1n) is 4.53. The number of nitrogen functional groups attached to an aromatic ring is 1. The van der Waals surface area contributed by atoms with Gasteiger partial charge in [-0.25, -0.2) is 9.97 Å². The molecular weight excluding hydrogens is 194 g/mol. The van der Waals surface area contributed by atoms with Crippen LogP contribution in [0.5, 0.6) is 5.88 Å². The Morgan fingerprint density at radius 1 is 1.47 bits per heavy atom. The lowest BCUT2D eigenvalue weighted by atomic mass is 10.4. The first-order valence-corrected chi connectivity index (χ1v) is 4.53. The first kappa shape index (κ1) is 11.4. The zero-order valence-electron chi connectivity index (χ0n) is 8.90. The van der Waals surface area contributed by atoms with E-state index in [1.165, 1.54) is 12.4 Å². The Balaban J connectivity index is 2.46. The van der Waals surface area contributed by atoms with Crippen molar-refractivity contribution in [2.45, 2.75) is 0 Å². The molecule has 1 aromatic rings. The fraction of sp³-hybridized carbons (Fsp3) is 0.444. The van der Waals surface area contributed by atoms with Crippen LogP contribution in [0, 0.1) is 5.41 Å². The van der Waals surface area contributed by atoms with Crippen LogP contribution in [0.3, 0.4) is 0 Å². The Hall–Kier alpha value is -1.69. The molecule has 0 aliphatic carbocycles. The van der Waals surface area contributed by atoms with Crippen molar-refractivity contribution in [3.05, 3.63) is 18.1 Å². The highest BCUT2D eigenvalue weighted by atomic mass is 16.5. The van der Waals surface area contributed by atoms with Gasteiger partial charge in [-0.05, 0) is 14.1 Å². The van der Waals surface area contributed by atoms with Crippen LogP contribution in [0.2, 0.25) is 0 Å². The molecule has 6 nitrogen and oxygen atoms in total. The molecular formula is C9H15N5O. The molecule has 0 saturated heterocycles. The van der Waals surface area contributed by atoms with Crippen molar-refractivity contribution in [1.82, 2.24) is 14.9 Å². The Morgan fingerprint density at radius 2 is 2.20 bits per heavy atom. The standard InChI is InChI=1S/C9H15N5O/c1-14(2)3-4-15-8-6-12-7(5-13-8)9(10)11/h5-6H,3-4H2,1-2H3,(H3,10,11). The Labute approximate surface area is 88.6 Å². The molecule has 0 saturated carbocycles. The second-order valence-corrected chi connectivity index (χ2v) is 3.31. The number of rotatable bonds is 5. The molecule has 0 fully saturated rings.